The van der Waals surface area contributed by atoms with E-state index in [4.69, 9.17) is 4.74 Å². The number of hydrogen-bond donors (Lipinski definition) is 2. The van der Waals surface area contributed by atoms with Gasteiger partial charge in [-0.3, -0.25) is 0 Å². The Bertz CT molecular complexity index is 629. The first-order valence-corrected chi connectivity index (χ1v) is 7.71. The van der Waals surface area contributed by atoms with Crippen LogP contribution in [0.1, 0.15) is 19.0 Å². The van der Waals surface area contributed by atoms with Crippen LogP contribution in [0.2, 0.25) is 0 Å². The van der Waals surface area contributed by atoms with Crippen molar-refractivity contribution in [2.75, 3.05) is 25.1 Å². The molecule has 2 amide bonds. The molecule has 0 aliphatic rings. The molecule has 1 aromatic heterocycles. The quantitative estimate of drug-likeness (QED) is 0.770. The van der Waals surface area contributed by atoms with Crippen molar-refractivity contribution in [3.63, 3.8) is 0 Å². The molecule has 0 fully saturated rings. The van der Waals surface area contributed by atoms with Gasteiger partial charge in [-0.1, -0.05) is 0 Å². The van der Waals surface area contributed by atoms with Crippen LogP contribution in [0.25, 0.3) is 11.4 Å². The van der Waals surface area contributed by atoms with E-state index in [9.17, 15) is 4.79 Å². The average Bonchev–Trinajstić information content (AvgIpc) is 2.55. The Morgan fingerprint density at radius 2 is 2.00 bits per heavy atom. The van der Waals surface area contributed by atoms with E-state index in [0.717, 1.165) is 23.4 Å². The van der Waals surface area contributed by atoms with Crippen LogP contribution in [0, 0.1) is 6.92 Å². The molecule has 2 N–H and O–H groups in total. The van der Waals surface area contributed by atoms with Gasteiger partial charge in [0.1, 0.15) is 0 Å². The van der Waals surface area contributed by atoms with E-state index in [1.54, 1.807) is 6.20 Å². The molecule has 0 bridgehead atoms. The van der Waals surface area contributed by atoms with E-state index in [1.165, 1.54) is 0 Å². The molecule has 0 saturated carbocycles. The van der Waals surface area contributed by atoms with Crippen LogP contribution in [0.15, 0.2) is 36.5 Å². The Hall–Kier alpha value is -2.47. The number of rotatable bonds is 7. The molecule has 0 spiro atoms. The third-order valence-corrected chi connectivity index (χ3v) is 3.15. The number of carbonyl (C=O) groups excluding carboxylic acids is 1. The monoisotopic (exact) mass is 314 g/mol. The first kappa shape index (κ1) is 16.9. The molecule has 0 aliphatic carbocycles. The zero-order chi connectivity index (χ0) is 16.5. The highest BCUT2D eigenvalue weighted by molar-refractivity contribution is 5.89. The number of carbonyl (C=O) groups is 1. The normalized spacial score (nSPS) is 10.3. The number of nitrogens with zero attached hydrogens (tertiary/aromatic N) is 2. The van der Waals surface area contributed by atoms with Crippen LogP contribution >= 0.6 is 0 Å². The summed E-state index contributed by atoms with van der Waals surface area (Å²) in [5, 5.41) is 5.58. The van der Waals surface area contributed by atoms with Crippen molar-refractivity contribution in [2.45, 2.75) is 20.3 Å². The van der Waals surface area contributed by atoms with Crippen LogP contribution in [-0.4, -0.2) is 35.8 Å². The fourth-order valence-corrected chi connectivity index (χ4v) is 1.99. The van der Waals surface area contributed by atoms with Crippen molar-refractivity contribution in [3.05, 3.63) is 42.2 Å². The number of aryl methyl sites for hydroxylation is 1. The summed E-state index contributed by atoms with van der Waals surface area (Å²) in [5.41, 5.74) is 2.56. The summed E-state index contributed by atoms with van der Waals surface area (Å²) in [6.45, 7) is 5.81. The third-order valence-electron chi connectivity index (χ3n) is 3.15. The van der Waals surface area contributed by atoms with Gasteiger partial charge in [0.25, 0.3) is 0 Å². The second-order valence-electron chi connectivity index (χ2n) is 5.03. The number of aromatic nitrogens is 2. The molecule has 1 heterocycles. The highest BCUT2D eigenvalue weighted by atomic mass is 16.5. The predicted molar refractivity (Wildman–Crippen MR) is 90.3 cm³/mol. The second kappa shape index (κ2) is 8.85. The molecule has 2 aromatic rings. The van der Waals surface area contributed by atoms with E-state index in [2.05, 4.69) is 20.6 Å². The van der Waals surface area contributed by atoms with E-state index >= 15 is 0 Å². The number of amides is 2. The van der Waals surface area contributed by atoms with Gasteiger partial charge in [-0.2, -0.15) is 0 Å². The molecule has 0 radical (unpaired) electrons. The number of benzene rings is 1. The van der Waals surface area contributed by atoms with Gasteiger partial charge >= 0.3 is 6.03 Å². The van der Waals surface area contributed by atoms with Crippen LogP contribution in [0.3, 0.4) is 0 Å². The summed E-state index contributed by atoms with van der Waals surface area (Å²) < 4.78 is 5.21. The minimum Gasteiger partial charge on any atom is -0.382 e. The number of ether oxygens (including phenoxy) is 1. The molecule has 6 nitrogen and oxygen atoms in total. The van der Waals surface area contributed by atoms with Gasteiger partial charge in [-0.25, -0.2) is 14.8 Å². The van der Waals surface area contributed by atoms with Crippen molar-refractivity contribution in [2.24, 2.45) is 0 Å². The molecule has 122 valence electrons. The number of nitrogens with one attached hydrogen (secondary N) is 2. The molecular weight excluding hydrogens is 292 g/mol. The van der Waals surface area contributed by atoms with Crippen molar-refractivity contribution >= 4 is 11.7 Å². The SMILES string of the molecule is CCOCCCNC(=O)Nc1ccc(-c2nccc(C)n2)cc1. The van der Waals surface area contributed by atoms with Crippen molar-refractivity contribution in [1.82, 2.24) is 15.3 Å². The maximum atomic E-state index is 11.8. The average molecular weight is 314 g/mol. The van der Waals surface area contributed by atoms with E-state index < -0.39 is 0 Å². The Kier molecular flexibility index (Phi) is 6.50. The molecule has 23 heavy (non-hydrogen) atoms. The van der Waals surface area contributed by atoms with Gasteiger partial charge in [0, 0.05) is 42.9 Å². The fraction of sp³-hybridized carbons (Fsp3) is 0.353. The molecular formula is C17H22N4O2. The molecule has 0 saturated heterocycles. The summed E-state index contributed by atoms with van der Waals surface area (Å²) in [6.07, 6.45) is 2.53. The van der Waals surface area contributed by atoms with Crippen LogP contribution in [-0.2, 0) is 4.74 Å². The summed E-state index contributed by atoms with van der Waals surface area (Å²) in [6, 6.07) is 9.08. The van der Waals surface area contributed by atoms with Gasteiger partial charge in [0.05, 0.1) is 0 Å². The first-order valence-electron chi connectivity index (χ1n) is 7.71. The lowest BCUT2D eigenvalue weighted by molar-refractivity contribution is 0.145. The van der Waals surface area contributed by atoms with Crippen LogP contribution in [0.4, 0.5) is 10.5 Å². The summed E-state index contributed by atoms with van der Waals surface area (Å²) in [4.78, 5) is 20.4. The molecule has 6 heteroatoms. The minimum absolute atomic E-state index is 0.221. The highest BCUT2D eigenvalue weighted by Crippen LogP contribution is 2.17. The number of hydrogen-bond acceptors (Lipinski definition) is 4. The van der Waals surface area contributed by atoms with Gasteiger partial charge in [-0.05, 0) is 50.6 Å². The van der Waals surface area contributed by atoms with E-state index in [0.29, 0.717) is 25.6 Å². The van der Waals surface area contributed by atoms with Crippen molar-refractivity contribution in [3.8, 4) is 11.4 Å². The van der Waals surface area contributed by atoms with Gasteiger partial charge < -0.3 is 15.4 Å². The lowest BCUT2D eigenvalue weighted by Crippen LogP contribution is -2.30. The van der Waals surface area contributed by atoms with Crippen molar-refractivity contribution < 1.29 is 9.53 Å². The van der Waals surface area contributed by atoms with Crippen LogP contribution in [0.5, 0.6) is 0 Å². The highest BCUT2D eigenvalue weighted by Gasteiger charge is 2.04. The van der Waals surface area contributed by atoms with E-state index in [-0.39, 0.29) is 6.03 Å². The number of urea groups is 1. The lowest BCUT2D eigenvalue weighted by atomic mass is 10.2. The molecule has 2 rings (SSSR count). The minimum atomic E-state index is -0.221. The molecule has 1 aromatic carbocycles. The molecule has 0 aliphatic heterocycles. The van der Waals surface area contributed by atoms with Gasteiger partial charge in [0.2, 0.25) is 0 Å². The smallest absolute Gasteiger partial charge is 0.319 e. The zero-order valence-corrected chi connectivity index (χ0v) is 13.5. The van der Waals surface area contributed by atoms with Gasteiger partial charge in [0.15, 0.2) is 5.82 Å². The molecule has 0 unspecified atom stereocenters. The standard InChI is InChI=1S/C17H22N4O2/c1-3-23-12-4-10-19-17(22)21-15-7-5-14(6-8-15)16-18-11-9-13(2)20-16/h5-9,11H,3-4,10,12H2,1-2H3,(H2,19,21,22). The Morgan fingerprint density at radius 3 is 2.70 bits per heavy atom. The largest absolute Gasteiger partial charge is 0.382 e. The maximum Gasteiger partial charge on any atom is 0.319 e. The first-order chi connectivity index (χ1) is 11.2. The lowest BCUT2D eigenvalue weighted by Gasteiger charge is -2.08. The maximum absolute atomic E-state index is 11.8. The topological polar surface area (TPSA) is 76.1 Å². The zero-order valence-electron chi connectivity index (χ0n) is 13.5. The summed E-state index contributed by atoms with van der Waals surface area (Å²) in [5.74, 6) is 0.678. The second-order valence-corrected chi connectivity index (χ2v) is 5.03. The van der Waals surface area contributed by atoms with Crippen molar-refractivity contribution in [1.29, 1.82) is 0 Å². The predicted octanol–water partition coefficient (Wildman–Crippen LogP) is 3.00. The summed E-state index contributed by atoms with van der Waals surface area (Å²) in [7, 11) is 0. The molecule has 0 atom stereocenters. The van der Waals surface area contributed by atoms with Gasteiger partial charge in [-0.15, -0.1) is 0 Å². The number of anilines is 1. The fourth-order valence-electron chi connectivity index (χ4n) is 1.99. The Balaban J connectivity index is 1.84. The Morgan fingerprint density at radius 1 is 1.22 bits per heavy atom. The summed E-state index contributed by atoms with van der Waals surface area (Å²) >= 11 is 0. The Labute approximate surface area is 136 Å². The third kappa shape index (κ3) is 5.67. The van der Waals surface area contributed by atoms with E-state index in [1.807, 2.05) is 44.2 Å². The van der Waals surface area contributed by atoms with Crippen LogP contribution < -0.4 is 10.6 Å².